The predicted molar refractivity (Wildman–Crippen MR) is 170 cm³/mol. The second-order valence-corrected chi connectivity index (χ2v) is 15.1. The highest BCUT2D eigenvalue weighted by Gasteiger charge is 2.65. The molecule has 0 radical (unpaired) electrons. The van der Waals surface area contributed by atoms with Crippen LogP contribution in [0.15, 0.2) is 0 Å². The lowest BCUT2D eigenvalue weighted by Crippen LogP contribution is -2.58. The third-order valence-corrected chi connectivity index (χ3v) is 10.8. The molecule has 1 aliphatic carbocycles. The summed E-state index contributed by atoms with van der Waals surface area (Å²) < 4.78 is 25.0. The van der Waals surface area contributed by atoms with E-state index in [1.54, 1.807) is 6.92 Å². The van der Waals surface area contributed by atoms with Gasteiger partial charge >= 0.3 is 17.9 Å². The summed E-state index contributed by atoms with van der Waals surface area (Å²) in [4.78, 5) is 37.9. The van der Waals surface area contributed by atoms with Gasteiger partial charge in [-0.1, -0.05) is 72.1 Å². The van der Waals surface area contributed by atoms with E-state index in [-0.39, 0.29) is 36.1 Å². The molecular weight excluding hydrogens is 560 g/mol. The van der Waals surface area contributed by atoms with Crippen molar-refractivity contribution >= 4 is 17.9 Å². The molecule has 2 aliphatic heterocycles. The Morgan fingerprint density at radius 2 is 1.39 bits per heavy atom. The molecule has 3 fully saturated rings. The Bertz CT molecular complexity index is 962. The maximum Gasteiger partial charge on any atom is 0.306 e. The molecule has 1 saturated carbocycles. The van der Waals surface area contributed by atoms with E-state index in [1.807, 2.05) is 13.8 Å². The lowest BCUT2D eigenvalue weighted by Gasteiger charge is -2.51. The number of carbonyl (C=O) groups is 3. The quantitative estimate of drug-likeness (QED) is 0.121. The Morgan fingerprint density at radius 3 is 1.95 bits per heavy atom. The third-order valence-electron chi connectivity index (χ3n) is 10.8. The molecule has 0 aromatic heterocycles. The average molecular weight is 623 g/mol. The average Bonchev–Trinajstić information content (AvgIpc) is 3.30. The van der Waals surface area contributed by atoms with Crippen LogP contribution in [0.25, 0.3) is 0 Å². The molecule has 8 nitrogen and oxygen atoms in total. The van der Waals surface area contributed by atoms with E-state index in [9.17, 15) is 19.5 Å². The van der Waals surface area contributed by atoms with Crippen LogP contribution in [0.5, 0.6) is 0 Å². The minimum Gasteiger partial charge on any atom is -0.459 e. The van der Waals surface area contributed by atoms with Crippen LogP contribution in [0.1, 0.15) is 152 Å². The molecule has 0 aromatic rings. The highest BCUT2D eigenvalue weighted by molar-refractivity contribution is 5.69. The van der Waals surface area contributed by atoms with Gasteiger partial charge in [-0.3, -0.25) is 14.4 Å². The first-order valence-electron chi connectivity index (χ1n) is 17.6. The van der Waals surface area contributed by atoms with Gasteiger partial charge in [0.05, 0.1) is 6.10 Å². The van der Waals surface area contributed by atoms with Crippen molar-refractivity contribution in [3.8, 4) is 0 Å². The summed E-state index contributed by atoms with van der Waals surface area (Å²) in [6.07, 6.45) is 11.5. The first kappa shape index (κ1) is 36.8. The van der Waals surface area contributed by atoms with Gasteiger partial charge in [0.1, 0.15) is 29.0 Å². The van der Waals surface area contributed by atoms with Crippen LogP contribution >= 0.6 is 0 Å². The molecule has 0 aromatic carbocycles. The van der Waals surface area contributed by atoms with Gasteiger partial charge in [0.15, 0.2) is 0 Å². The first-order valence-corrected chi connectivity index (χ1v) is 17.6. The predicted octanol–water partition coefficient (Wildman–Crippen LogP) is 7.46. The highest BCUT2D eigenvalue weighted by atomic mass is 16.6. The summed E-state index contributed by atoms with van der Waals surface area (Å²) in [5.41, 5.74) is -3.19. The number of unbranched alkanes of at least 4 members (excludes halogenated alkanes) is 8. The molecule has 254 valence electrons. The van der Waals surface area contributed by atoms with Gasteiger partial charge in [-0.15, -0.1) is 0 Å². The van der Waals surface area contributed by atoms with Crippen LogP contribution in [-0.4, -0.2) is 58.1 Å². The van der Waals surface area contributed by atoms with E-state index in [1.165, 1.54) is 52.4 Å². The summed E-state index contributed by atoms with van der Waals surface area (Å²) in [6, 6.07) is 0. The van der Waals surface area contributed by atoms with E-state index in [0.717, 1.165) is 25.7 Å². The fourth-order valence-electron chi connectivity index (χ4n) is 8.69. The molecule has 2 bridgehead atoms. The molecule has 0 spiro atoms. The molecule has 3 aliphatic rings. The summed E-state index contributed by atoms with van der Waals surface area (Å²) in [5, 5.41) is 12.0. The monoisotopic (exact) mass is 622 g/mol. The zero-order chi connectivity index (χ0) is 32.7. The van der Waals surface area contributed by atoms with Gasteiger partial charge in [0.2, 0.25) is 0 Å². The van der Waals surface area contributed by atoms with Crippen molar-refractivity contribution < 1.29 is 38.4 Å². The molecule has 2 saturated heterocycles. The SMILES string of the molecule is CCCCCCCCCCCC(=O)O[C@@H]1CC[C@](C)(OC(C)=O)[C@@H]2O[C@H](C[C@@]1(C)O)[C@H]1[C@@H]2[C@H](C(C)C)CC[C@]1(C)OC(C)=O. The van der Waals surface area contributed by atoms with Crippen LogP contribution in [0.3, 0.4) is 0 Å². The van der Waals surface area contributed by atoms with Crippen molar-refractivity contribution in [3.63, 3.8) is 0 Å². The number of ether oxygens (including phenoxy) is 4. The van der Waals surface area contributed by atoms with Crippen LogP contribution in [0.4, 0.5) is 0 Å². The summed E-state index contributed by atoms with van der Waals surface area (Å²) >= 11 is 0. The lowest BCUT2D eigenvalue weighted by atomic mass is 9.57. The number of carbonyl (C=O) groups excluding carboxylic acids is 3. The number of hydrogen-bond acceptors (Lipinski definition) is 8. The Balaban J connectivity index is 1.80. The molecule has 1 N–H and O–H groups in total. The van der Waals surface area contributed by atoms with E-state index >= 15 is 0 Å². The first-order chi connectivity index (χ1) is 20.6. The number of hydrogen-bond donors (Lipinski definition) is 1. The number of aliphatic hydroxyl groups is 1. The van der Waals surface area contributed by atoms with Crippen molar-refractivity contribution in [2.75, 3.05) is 0 Å². The second kappa shape index (κ2) is 15.8. The van der Waals surface area contributed by atoms with E-state index < -0.39 is 41.1 Å². The fourth-order valence-corrected chi connectivity index (χ4v) is 8.69. The standard InChI is InChI=1S/C36H62O8/c1-9-10-11-12-13-14-15-16-17-18-30(39)42-29-20-22-36(8,44-26(5)38)33-31-27(24(2)3)19-21-35(7,43-25(4)37)32(31)28(41-33)23-34(29,6)40/h24,27-29,31-33,40H,9-23H2,1-8H3/t27-,28+,29+,31-,32-,33+,34+,35-,36-/m0/s1. The Morgan fingerprint density at radius 1 is 0.841 bits per heavy atom. The van der Waals surface area contributed by atoms with Gasteiger partial charge in [-0.05, 0) is 64.7 Å². The van der Waals surface area contributed by atoms with E-state index in [0.29, 0.717) is 31.6 Å². The maximum absolute atomic E-state index is 13.1. The molecule has 8 heteroatoms. The Labute approximate surface area is 266 Å². The van der Waals surface area contributed by atoms with Crippen LogP contribution in [0, 0.1) is 23.7 Å². The van der Waals surface area contributed by atoms with Crippen molar-refractivity contribution in [1.29, 1.82) is 0 Å². The molecule has 2 heterocycles. The van der Waals surface area contributed by atoms with Crippen molar-refractivity contribution in [3.05, 3.63) is 0 Å². The van der Waals surface area contributed by atoms with Gasteiger partial charge in [-0.25, -0.2) is 0 Å². The zero-order valence-electron chi connectivity index (χ0n) is 29.0. The van der Waals surface area contributed by atoms with Crippen LogP contribution in [0.2, 0.25) is 0 Å². The molecule has 3 rings (SSSR count). The minimum atomic E-state index is -1.39. The minimum absolute atomic E-state index is 0.0380. The fraction of sp³-hybridized carbons (Fsp3) is 0.917. The molecule has 9 atom stereocenters. The summed E-state index contributed by atoms with van der Waals surface area (Å²) in [7, 11) is 0. The number of fused-ring (bicyclic) bond motifs is 5. The van der Waals surface area contributed by atoms with Crippen molar-refractivity contribution in [2.24, 2.45) is 23.7 Å². The topological polar surface area (TPSA) is 108 Å². The maximum atomic E-state index is 13.1. The smallest absolute Gasteiger partial charge is 0.306 e. The lowest BCUT2D eigenvalue weighted by molar-refractivity contribution is -0.185. The largest absolute Gasteiger partial charge is 0.459 e. The molecule has 0 amide bonds. The van der Waals surface area contributed by atoms with Crippen molar-refractivity contribution in [1.82, 2.24) is 0 Å². The molecule has 44 heavy (non-hydrogen) atoms. The molecule has 0 unspecified atom stereocenters. The summed E-state index contributed by atoms with van der Waals surface area (Å²) in [5.74, 6) is -0.698. The normalized spacial score (nSPS) is 37.0. The van der Waals surface area contributed by atoms with Gasteiger partial charge < -0.3 is 24.1 Å². The summed E-state index contributed by atoms with van der Waals surface area (Å²) in [6.45, 7) is 15.1. The second-order valence-electron chi connectivity index (χ2n) is 15.1. The number of esters is 3. The van der Waals surface area contributed by atoms with E-state index in [2.05, 4.69) is 20.8 Å². The number of rotatable bonds is 14. The molecular formula is C36H62O8. The van der Waals surface area contributed by atoms with Gasteiger partial charge in [-0.2, -0.15) is 0 Å². The highest BCUT2D eigenvalue weighted by Crippen LogP contribution is 2.58. The van der Waals surface area contributed by atoms with E-state index in [4.69, 9.17) is 18.9 Å². The van der Waals surface area contributed by atoms with Gasteiger partial charge in [0, 0.05) is 38.5 Å². The van der Waals surface area contributed by atoms with Crippen LogP contribution < -0.4 is 0 Å². The van der Waals surface area contributed by atoms with Crippen LogP contribution in [-0.2, 0) is 33.3 Å². The Hall–Kier alpha value is -1.67. The van der Waals surface area contributed by atoms with Gasteiger partial charge in [0.25, 0.3) is 0 Å². The van der Waals surface area contributed by atoms with Crippen molar-refractivity contribution in [2.45, 2.75) is 187 Å². The Kier molecular flexibility index (Phi) is 13.2. The zero-order valence-corrected chi connectivity index (χ0v) is 29.0. The third kappa shape index (κ3) is 9.20.